The van der Waals surface area contributed by atoms with Crippen molar-refractivity contribution < 1.29 is 18.7 Å². The van der Waals surface area contributed by atoms with Crippen LogP contribution >= 0.6 is 0 Å². The number of carboxylic acids is 1. The minimum Gasteiger partial charge on any atom is -0.479 e. The van der Waals surface area contributed by atoms with Gasteiger partial charge in [-0.1, -0.05) is 12.1 Å². The van der Waals surface area contributed by atoms with Crippen molar-refractivity contribution in [3.8, 4) is 0 Å². The Labute approximate surface area is 91.3 Å². The molecule has 1 unspecified atom stereocenters. The van der Waals surface area contributed by atoms with Crippen LogP contribution in [0.2, 0.25) is 0 Å². The number of carbonyl (C=O) groups is 1. The number of carboxylic acid groups (broad SMARTS) is 1. The normalized spacial score (nSPS) is 24.8. The first-order valence-electron chi connectivity index (χ1n) is 4.95. The zero-order valence-electron chi connectivity index (χ0n) is 8.49. The molecule has 0 aromatic heterocycles. The van der Waals surface area contributed by atoms with Crippen molar-refractivity contribution in [2.45, 2.75) is 12.1 Å². The van der Waals surface area contributed by atoms with Gasteiger partial charge in [0, 0.05) is 13.0 Å². The molecule has 1 saturated heterocycles. The molecule has 0 spiro atoms. The van der Waals surface area contributed by atoms with Crippen molar-refractivity contribution in [2.24, 2.45) is 0 Å². The summed E-state index contributed by atoms with van der Waals surface area (Å²) in [7, 11) is 0. The van der Waals surface area contributed by atoms with Crippen LogP contribution < -0.4 is 4.90 Å². The van der Waals surface area contributed by atoms with Crippen molar-refractivity contribution in [1.82, 2.24) is 0 Å². The largest absolute Gasteiger partial charge is 0.479 e. The van der Waals surface area contributed by atoms with Crippen LogP contribution in [0.1, 0.15) is 6.42 Å². The highest BCUT2D eigenvalue weighted by Crippen LogP contribution is 2.31. The second-order valence-electron chi connectivity index (χ2n) is 3.89. The van der Waals surface area contributed by atoms with Gasteiger partial charge in [-0.25, -0.2) is 13.6 Å². The zero-order chi connectivity index (χ0) is 11.8. The molecule has 0 saturated carbocycles. The van der Waals surface area contributed by atoms with E-state index in [0.29, 0.717) is 0 Å². The quantitative estimate of drug-likeness (QED) is 0.837. The van der Waals surface area contributed by atoms with Crippen molar-refractivity contribution in [3.63, 3.8) is 0 Å². The van der Waals surface area contributed by atoms with Gasteiger partial charge in [0.25, 0.3) is 0 Å². The Kier molecular flexibility index (Phi) is 2.53. The van der Waals surface area contributed by atoms with Gasteiger partial charge in [-0.3, -0.25) is 0 Å². The van der Waals surface area contributed by atoms with E-state index < -0.39 is 17.5 Å². The molecule has 0 bridgehead atoms. The number of hydrogen-bond donors (Lipinski definition) is 1. The molecule has 16 heavy (non-hydrogen) atoms. The summed E-state index contributed by atoms with van der Waals surface area (Å²) in [5, 5.41) is 8.71. The fourth-order valence-electron chi connectivity index (χ4n) is 1.86. The fourth-order valence-corrected chi connectivity index (χ4v) is 1.86. The van der Waals surface area contributed by atoms with E-state index in [4.69, 9.17) is 5.11 Å². The summed E-state index contributed by atoms with van der Waals surface area (Å²) in [6.07, 6.45) is -0.114. The Hall–Kier alpha value is -1.65. The number of aliphatic carboxylic acids is 1. The van der Waals surface area contributed by atoms with Crippen LogP contribution in [0.25, 0.3) is 0 Å². The van der Waals surface area contributed by atoms with Gasteiger partial charge in [-0.05, 0) is 12.1 Å². The number of hydrogen-bond acceptors (Lipinski definition) is 2. The molecule has 0 radical (unpaired) electrons. The number of benzene rings is 1. The van der Waals surface area contributed by atoms with Crippen LogP contribution in [-0.2, 0) is 4.79 Å². The third-order valence-electron chi connectivity index (χ3n) is 2.80. The molecule has 86 valence electrons. The smallest absolute Gasteiger partial charge is 0.343 e. The summed E-state index contributed by atoms with van der Waals surface area (Å²) in [6, 6.07) is 5.96. The van der Waals surface area contributed by atoms with Crippen LogP contribution in [0.5, 0.6) is 0 Å². The summed E-state index contributed by atoms with van der Waals surface area (Å²) in [4.78, 5) is 12.1. The molecular weight excluding hydrogens is 216 g/mol. The Morgan fingerprint density at radius 3 is 2.69 bits per heavy atom. The average Bonchev–Trinajstić information content (AvgIpc) is 2.63. The van der Waals surface area contributed by atoms with E-state index in [1.807, 2.05) is 0 Å². The molecule has 1 aliphatic heterocycles. The van der Waals surface area contributed by atoms with Crippen LogP contribution in [-0.4, -0.2) is 29.8 Å². The monoisotopic (exact) mass is 227 g/mol. The van der Waals surface area contributed by atoms with Gasteiger partial charge < -0.3 is 10.0 Å². The first-order valence-corrected chi connectivity index (χ1v) is 4.95. The van der Waals surface area contributed by atoms with Gasteiger partial charge in [-0.15, -0.1) is 0 Å². The van der Waals surface area contributed by atoms with Gasteiger partial charge in [0.1, 0.15) is 5.82 Å². The number of alkyl halides is 1. The molecule has 2 rings (SSSR count). The minimum atomic E-state index is -2.26. The molecular formula is C11H11F2NO2. The fraction of sp³-hybridized carbons (Fsp3) is 0.364. The standard InChI is InChI=1S/C11H11F2NO2/c12-8-3-1-2-4-9(8)14-6-5-11(13,7-14)10(15)16/h1-4H,5-7H2,(H,15,16). The molecule has 3 nitrogen and oxygen atoms in total. The number of halogens is 2. The van der Waals surface area contributed by atoms with Crippen LogP contribution in [0.4, 0.5) is 14.5 Å². The lowest BCUT2D eigenvalue weighted by Gasteiger charge is -2.19. The molecule has 1 N–H and O–H groups in total. The first kappa shape index (κ1) is 10.9. The summed E-state index contributed by atoms with van der Waals surface area (Å²) >= 11 is 0. The second kappa shape index (κ2) is 3.73. The number of anilines is 1. The molecule has 1 aromatic carbocycles. The highest BCUT2D eigenvalue weighted by atomic mass is 19.1. The SMILES string of the molecule is O=C(O)C1(F)CCN(c2ccccc2F)C1. The molecule has 5 heteroatoms. The predicted octanol–water partition coefficient (Wildman–Crippen LogP) is 1.83. The zero-order valence-corrected chi connectivity index (χ0v) is 8.49. The Morgan fingerprint density at radius 2 is 2.12 bits per heavy atom. The van der Waals surface area contributed by atoms with Crippen molar-refractivity contribution in [2.75, 3.05) is 18.0 Å². The van der Waals surface area contributed by atoms with Gasteiger partial charge in [-0.2, -0.15) is 0 Å². The van der Waals surface area contributed by atoms with Gasteiger partial charge in [0.05, 0.1) is 12.2 Å². The average molecular weight is 227 g/mol. The summed E-state index contributed by atoms with van der Waals surface area (Å²) < 4.78 is 27.1. The number of para-hydroxylation sites is 1. The molecule has 0 aliphatic carbocycles. The lowest BCUT2D eigenvalue weighted by atomic mass is 10.1. The van der Waals surface area contributed by atoms with E-state index in [0.717, 1.165) is 0 Å². The molecule has 0 amide bonds. The van der Waals surface area contributed by atoms with E-state index >= 15 is 0 Å². The molecule has 1 aromatic rings. The predicted molar refractivity (Wildman–Crippen MR) is 54.7 cm³/mol. The minimum absolute atomic E-state index is 0.114. The Bertz CT molecular complexity index is 424. The molecule has 1 heterocycles. The topological polar surface area (TPSA) is 40.5 Å². The summed E-state index contributed by atoms with van der Waals surface area (Å²) in [5.74, 6) is -1.94. The lowest BCUT2D eigenvalue weighted by molar-refractivity contribution is -0.149. The van der Waals surface area contributed by atoms with E-state index in [1.165, 1.54) is 23.1 Å². The highest BCUT2D eigenvalue weighted by molar-refractivity contribution is 5.79. The van der Waals surface area contributed by atoms with E-state index in [9.17, 15) is 13.6 Å². The summed E-state index contributed by atoms with van der Waals surface area (Å²) in [6.45, 7) is -0.0903. The maximum atomic E-state index is 13.7. The van der Waals surface area contributed by atoms with Crippen molar-refractivity contribution >= 4 is 11.7 Å². The van der Waals surface area contributed by atoms with E-state index in [1.54, 1.807) is 6.07 Å². The van der Waals surface area contributed by atoms with Crippen molar-refractivity contribution in [1.29, 1.82) is 0 Å². The van der Waals surface area contributed by atoms with Crippen molar-refractivity contribution in [3.05, 3.63) is 30.1 Å². The van der Waals surface area contributed by atoms with Gasteiger partial charge in [0.15, 0.2) is 0 Å². The molecule has 1 atom stereocenters. The van der Waals surface area contributed by atoms with Crippen LogP contribution in [0.3, 0.4) is 0 Å². The first-order chi connectivity index (χ1) is 7.53. The third kappa shape index (κ3) is 1.73. The highest BCUT2D eigenvalue weighted by Gasteiger charge is 2.45. The molecule has 1 fully saturated rings. The third-order valence-corrected chi connectivity index (χ3v) is 2.80. The maximum absolute atomic E-state index is 13.7. The van der Waals surface area contributed by atoms with Crippen LogP contribution in [0, 0.1) is 5.82 Å². The van der Waals surface area contributed by atoms with Crippen LogP contribution in [0.15, 0.2) is 24.3 Å². The van der Waals surface area contributed by atoms with E-state index in [-0.39, 0.29) is 25.2 Å². The van der Waals surface area contributed by atoms with E-state index in [2.05, 4.69) is 0 Å². The maximum Gasteiger partial charge on any atom is 0.343 e. The molecule has 1 aliphatic rings. The van der Waals surface area contributed by atoms with Gasteiger partial charge in [0.2, 0.25) is 5.67 Å². The Morgan fingerprint density at radius 1 is 1.44 bits per heavy atom. The second-order valence-corrected chi connectivity index (χ2v) is 3.89. The lowest BCUT2D eigenvalue weighted by Crippen LogP contribution is -2.37. The van der Waals surface area contributed by atoms with Gasteiger partial charge >= 0.3 is 5.97 Å². The Balaban J connectivity index is 2.22. The number of nitrogens with zero attached hydrogens (tertiary/aromatic N) is 1. The summed E-state index contributed by atoms with van der Waals surface area (Å²) in [5.41, 5.74) is -2.01. The number of rotatable bonds is 2.